The average Bonchev–Trinajstić information content (AvgIpc) is 3.63. The molecular formula is C70H136O17P2. The Morgan fingerprint density at radius 1 is 0.270 bits per heavy atom. The monoisotopic (exact) mass is 1310 g/mol. The van der Waals surface area contributed by atoms with E-state index in [9.17, 15) is 43.2 Å². The van der Waals surface area contributed by atoms with Gasteiger partial charge in [-0.05, 0) is 25.7 Å². The van der Waals surface area contributed by atoms with Gasteiger partial charge in [0, 0.05) is 25.7 Å². The minimum absolute atomic E-state index is 0.106. The first-order chi connectivity index (χ1) is 43.2. The SMILES string of the molecule is CCCCCCCCCCCCCCCCCCCCC(=O)O[C@H](COC(=O)CCCCCCCCCCCCCCC)COP(=O)(O)OC[C@@H](O)COP(=O)(O)OC[C@@H](COC(=O)CCCCCCCCCCC)OC(=O)CCCCCCCCCCC. The van der Waals surface area contributed by atoms with Crippen molar-refractivity contribution in [1.82, 2.24) is 0 Å². The highest BCUT2D eigenvalue weighted by atomic mass is 31.2. The van der Waals surface area contributed by atoms with E-state index >= 15 is 0 Å². The van der Waals surface area contributed by atoms with E-state index in [0.717, 1.165) is 89.9 Å². The van der Waals surface area contributed by atoms with Gasteiger partial charge in [0.05, 0.1) is 26.4 Å². The van der Waals surface area contributed by atoms with Crippen LogP contribution in [0.5, 0.6) is 0 Å². The Hall–Kier alpha value is -1.94. The normalized spacial score (nSPS) is 14.0. The van der Waals surface area contributed by atoms with E-state index < -0.39 is 97.5 Å². The van der Waals surface area contributed by atoms with E-state index in [1.54, 1.807) is 0 Å². The van der Waals surface area contributed by atoms with Crippen molar-refractivity contribution in [3.05, 3.63) is 0 Å². The zero-order chi connectivity index (χ0) is 65.4. The summed E-state index contributed by atoms with van der Waals surface area (Å²) in [5.74, 6) is -2.12. The third kappa shape index (κ3) is 64.6. The summed E-state index contributed by atoms with van der Waals surface area (Å²) in [6.07, 6.45) is 52.7. The molecule has 528 valence electrons. The zero-order valence-corrected chi connectivity index (χ0v) is 59.2. The van der Waals surface area contributed by atoms with E-state index in [1.165, 1.54) is 199 Å². The minimum Gasteiger partial charge on any atom is -0.462 e. The van der Waals surface area contributed by atoms with Crippen molar-refractivity contribution in [1.29, 1.82) is 0 Å². The van der Waals surface area contributed by atoms with Crippen LogP contribution in [0.15, 0.2) is 0 Å². The van der Waals surface area contributed by atoms with Crippen LogP contribution in [0.2, 0.25) is 0 Å². The number of phosphoric ester groups is 2. The third-order valence-electron chi connectivity index (χ3n) is 16.4. The number of phosphoric acid groups is 2. The topological polar surface area (TPSA) is 237 Å². The predicted molar refractivity (Wildman–Crippen MR) is 359 cm³/mol. The molecule has 0 aliphatic rings. The number of ether oxygens (including phenoxy) is 4. The quantitative estimate of drug-likeness (QED) is 0.0222. The lowest BCUT2D eigenvalue weighted by molar-refractivity contribution is -0.161. The summed E-state index contributed by atoms with van der Waals surface area (Å²) in [5, 5.41) is 10.6. The molecule has 19 heteroatoms. The maximum Gasteiger partial charge on any atom is 0.472 e. The number of aliphatic hydroxyl groups is 1. The molecule has 3 N–H and O–H groups in total. The van der Waals surface area contributed by atoms with Gasteiger partial charge in [-0.2, -0.15) is 0 Å². The molecule has 0 aliphatic carbocycles. The van der Waals surface area contributed by atoms with Gasteiger partial charge in [0.15, 0.2) is 12.2 Å². The van der Waals surface area contributed by atoms with Crippen molar-refractivity contribution >= 4 is 39.5 Å². The summed E-state index contributed by atoms with van der Waals surface area (Å²) >= 11 is 0. The van der Waals surface area contributed by atoms with Crippen molar-refractivity contribution < 1.29 is 80.2 Å². The van der Waals surface area contributed by atoms with Gasteiger partial charge in [-0.1, -0.05) is 317 Å². The average molecular weight is 1310 g/mol. The molecule has 0 saturated carbocycles. The van der Waals surface area contributed by atoms with Crippen LogP contribution in [-0.2, 0) is 65.4 Å². The van der Waals surface area contributed by atoms with Crippen LogP contribution in [0.25, 0.3) is 0 Å². The van der Waals surface area contributed by atoms with Gasteiger partial charge in [0.1, 0.15) is 19.3 Å². The zero-order valence-electron chi connectivity index (χ0n) is 57.4. The van der Waals surface area contributed by atoms with Crippen molar-refractivity contribution in [2.75, 3.05) is 39.6 Å². The fraction of sp³-hybridized carbons (Fsp3) is 0.943. The van der Waals surface area contributed by atoms with Gasteiger partial charge in [-0.3, -0.25) is 37.3 Å². The van der Waals surface area contributed by atoms with E-state index in [2.05, 4.69) is 27.7 Å². The van der Waals surface area contributed by atoms with Crippen LogP contribution < -0.4 is 0 Å². The maximum absolute atomic E-state index is 13.0. The number of esters is 4. The van der Waals surface area contributed by atoms with Gasteiger partial charge < -0.3 is 33.8 Å². The van der Waals surface area contributed by atoms with E-state index in [-0.39, 0.29) is 25.7 Å². The van der Waals surface area contributed by atoms with Gasteiger partial charge in [0.25, 0.3) is 0 Å². The van der Waals surface area contributed by atoms with Crippen LogP contribution in [-0.4, -0.2) is 96.7 Å². The summed E-state index contributed by atoms with van der Waals surface area (Å²) in [5.41, 5.74) is 0. The van der Waals surface area contributed by atoms with E-state index in [0.29, 0.717) is 25.7 Å². The molecule has 0 aromatic heterocycles. The van der Waals surface area contributed by atoms with Crippen molar-refractivity contribution in [3.8, 4) is 0 Å². The van der Waals surface area contributed by atoms with Crippen LogP contribution >= 0.6 is 15.6 Å². The van der Waals surface area contributed by atoms with Crippen LogP contribution in [0.1, 0.15) is 368 Å². The third-order valence-corrected chi connectivity index (χ3v) is 18.3. The molecule has 17 nitrogen and oxygen atoms in total. The molecule has 5 atom stereocenters. The Morgan fingerprint density at radius 3 is 0.663 bits per heavy atom. The summed E-state index contributed by atoms with van der Waals surface area (Å²) in [7, 11) is -9.89. The molecule has 0 aromatic rings. The molecule has 0 radical (unpaired) electrons. The molecule has 0 heterocycles. The number of hydrogen-bond donors (Lipinski definition) is 3. The molecule has 0 amide bonds. The Labute approximate surface area is 543 Å². The van der Waals surface area contributed by atoms with Crippen molar-refractivity contribution in [2.45, 2.75) is 386 Å². The van der Waals surface area contributed by atoms with E-state index in [4.69, 9.17) is 37.0 Å². The maximum atomic E-state index is 13.0. The predicted octanol–water partition coefficient (Wildman–Crippen LogP) is 20.3. The Bertz CT molecular complexity index is 1710. The standard InChI is InChI=1S/C70H136O17P2/c1-5-9-13-17-21-25-27-29-30-31-32-33-35-37-41-45-49-53-57-70(75)87-66(61-81-68(73)55-51-47-43-40-36-34-28-26-22-18-14-10-6-2)63-85-89(78,79)83-59-64(71)58-82-88(76,77)84-62-65(86-69(74)56-52-48-44-39-24-20-16-12-8-4)60-80-67(72)54-50-46-42-38-23-19-15-11-7-3/h64-66,71H,5-63H2,1-4H3,(H,76,77)(H,78,79)/t64-,65+,66+/m0/s1. The lowest BCUT2D eigenvalue weighted by Gasteiger charge is -2.21. The molecule has 0 rings (SSSR count). The first-order valence-electron chi connectivity index (χ1n) is 36.8. The molecule has 89 heavy (non-hydrogen) atoms. The molecule has 0 aromatic carbocycles. The van der Waals surface area contributed by atoms with E-state index in [1.807, 2.05) is 0 Å². The smallest absolute Gasteiger partial charge is 0.462 e. The van der Waals surface area contributed by atoms with Crippen LogP contribution in [0.3, 0.4) is 0 Å². The lowest BCUT2D eigenvalue weighted by Crippen LogP contribution is -2.30. The molecule has 0 aliphatic heterocycles. The summed E-state index contributed by atoms with van der Waals surface area (Å²) in [6.45, 7) is 4.92. The Morgan fingerprint density at radius 2 is 0.449 bits per heavy atom. The number of carbonyl (C=O) groups excluding carboxylic acids is 4. The fourth-order valence-corrected chi connectivity index (χ4v) is 12.3. The second-order valence-electron chi connectivity index (χ2n) is 25.3. The van der Waals surface area contributed by atoms with Crippen molar-refractivity contribution in [3.63, 3.8) is 0 Å². The van der Waals surface area contributed by atoms with Crippen LogP contribution in [0.4, 0.5) is 0 Å². The number of hydrogen-bond acceptors (Lipinski definition) is 15. The first-order valence-corrected chi connectivity index (χ1v) is 39.8. The molecule has 0 spiro atoms. The van der Waals surface area contributed by atoms with Gasteiger partial charge >= 0.3 is 39.5 Å². The molecule has 2 unspecified atom stereocenters. The first kappa shape index (κ1) is 87.1. The molecule has 0 bridgehead atoms. The Balaban J connectivity index is 5.19. The van der Waals surface area contributed by atoms with Gasteiger partial charge in [0.2, 0.25) is 0 Å². The highest BCUT2D eigenvalue weighted by Gasteiger charge is 2.30. The summed E-state index contributed by atoms with van der Waals surface area (Å²) < 4.78 is 68.2. The number of aliphatic hydroxyl groups excluding tert-OH is 1. The molecule has 0 saturated heterocycles. The molecular weight excluding hydrogens is 1170 g/mol. The largest absolute Gasteiger partial charge is 0.472 e. The number of unbranched alkanes of at least 4 members (excludes halogenated alkanes) is 45. The van der Waals surface area contributed by atoms with Gasteiger partial charge in [-0.25, -0.2) is 9.13 Å². The van der Waals surface area contributed by atoms with Gasteiger partial charge in [-0.15, -0.1) is 0 Å². The minimum atomic E-state index is -4.95. The highest BCUT2D eigenvalue weighted by Crippen LogP contribution is 2.45. The highest BCUT2D eigenvalue weighted by molar-refractivity contribution is 7.47. The second-order valence-corrected chi connectivity index (χ2v) is 28.2. The second kappa shape index (κ2) is 64.8. The molecule has 0 fully saturated rings. The Kier molecular flexibility index (Phi) is 63.3. The number of rotatable bonds is 71. The summed E-state index contributed by atoms with van der Waals surface area (Å²) in [4.78, 5) is 72.4. The van der Waals surface area contributed by atoms with Crippen LogP contribution in [0, 0.1) is 0 Å². The lowest BCUT2D eigenvalue weighted by atomic mass is 10.0. The number of carbonyl (C=O) groups is 4. The van der Waals surface area contributed by atoms with Crippen molar-refractivity contribution in [2.24, 2.45) is 0 Å². The fourth-order valence-electron chi connectivity index (χ4n) is 10.7. The summed E-state index contributed by atoms with van der Waals surface area (Å²) in [6, 6.07) is 0.